The lowest BCUT2D eigenvalue weighted by Crippen LogP contribution is -2.31. The maximum atomic E-state index is 13.3. The van der Waals surface area contributed by atoms with Gasteiger partial charge in [-0.3, -0.25) is 19.2 Å². The highest BCUT2D eigenvalue weighted by molar-refractivity contribution is 5.94. The van der Waals surface area contributed by atoms with E-state index in [4.69, 9.17) is 4.98 Å². The molecule has 7 nitrogen and oxygen atoms in total. The van der Waals surface area contributed by atoms with Gasteiger partial charge in [0.1, 0.15) is 6.33 Å². The maximum absolute atomic E-state index is 13.3. The Kier molecular flexibility index (Phi) is 5.76. The average Bonchev–Trinajstić information content (AvgIpc) is 3.53. The van der Waals surface area contributed by atoms with Gasteiger partial charge in [0.25, 0.3) is 5.91 Å². The SMILES string of the molecule is O=C(c1ccc(CN2CCCCC2)cc1)N1CCCC1c1cncc(-n2ccnc2)n1. The minimum Gasteiger partial charge on any atom is -0.330 e. The quantitative estimate of drug-likeness (QED) is 0.635. The molecule has 2 aliphatic heterocycles. The van der Waals surface area contributed by atoms with E-state index < -0.39 is 0 Å². The Morgan fingerprint density at radius 3 is 2.58 bits per heavy atom. The Morgan fingerprint density at radius 2 is 1.81 bits per heavy atom. The molecule has 2 aromatic heterocycles. The summed E-state index contributed by atoms with van der Waals surface area (Å²) >= 11 is 0. The van der Waals surface area contributed by atoms with Crippen LogP contribution in [-0.2, 0) is 6.54 Å². The zero-order valence-electron chi connectivity index (χ0n) is 17.7. The van der Waals surface area contributed by atoms with E-state index in [1.54, 1.807) is 24.9 Å². The van der Waals surface area contributed by atoms with Gasteiger partial charge in [0.2, 0.25) is 0 Å². The van der Waals surface area contributed by atoms with Gasteiger partial charge in [0, 0.05) is 31.0 Å². The Hall–Kier alpha value is -3.06. The van der Waals surface area contributed by atoms with Crippen LogP contribution in [-0.4, -0.2) is 54.9 Å². The largest absolute Gasteiger partial charge is 0.330 e. The van der Waals surface area contributed by atoms with Crippen molar-refractivity contribution in [3.63, 3.8) is 0 Å². The molecule has 0 bridgehead atoms. The van der Waals surface area contributed by atoms with Crippen molar-refractivity contribution >= 4 is 5.91 Å². The fourth-order valence-corrected chi connectivity index (χ4v) is 4.66. The molecule has 7 heteroatoms. The first-order valence-electron chi connectivity index (χ1n) is 11.2. The number of hydrogen-bond acceptors (Lipinski definition) is 5. The molecular weight excluding hydrogens is 388 g/mol. The normalized spacial score (nSPS) is 19.6. The van der Waals surface area contributed by atoms with Crippen LogP contribution in [0.25, 0.3) is 5.82 Å². The number of imidazole rings is 1. The van der Waals surface area contributed by atoms with Crippen LogP contribution in [0.3, 0.4) is 0 Å². The zero-order valence-corrected chi connectivity index (χ0v) is 17.7. The van der Waals surface area contributed by atoms with Crippen LogP contribution in [0.1, 0.15) is 59.8 Å². The minimum absolute atomic E-state index is 0.0449. The number of likely N-dealkylation sites (tertiary alicyclic amines) is 2. The number of piperidine rings is 1. The minimum atomic E-state index is -0.0449. The second kappa shape index (κ2) is 8.98. The van der Waals surface area contributed by atoms with Crippen LogP contribution in [0.2, 0.25) is 0 Å². The van der Waals surface area contributed by atoms with E-state index in [1.807, 2.05) is 27.8 Å². The molecule has 0 radical (unpaired) electrons. The molecular formula is C24H28N6O. The predicted molar refractivity (Wildman–Crippen MR) is 118 cm³/mol. The van der Waals surface area contributed by atoms with Crippen molar-refractivity contribution in [1.82, 2.24) is 29.3 Å². The number of hydrogen-bond donors (Lipinski definition) is 0. The molecule has 1 amide bonds. The first-order valence-corrected chi connectivity index (χ1v) is 11.2. The predicted octanol–water partition coefficient (Wildman–Crippen LogP) is 3.63. The van der Waals surface area contributed by atoms with Gasteiger partial charge in [-0.1, -0.05) is 18.6 Å². The molecule has 0 aliphatic carbocycles. The van der Waals surface area contributed by atoms with E-state index in [-0.39, 0.29) is 11.9 Å². The van der Waals surface area contributed by atoms with Gasteiger partial charge in [-0.05, 0) is 56.5 Å². The summed E-state index contributed by atoms with van der Waals surface area (Å²) < 4.78 is 1.83. The van der Waals surface area contributed by atoms with Crippen LogP contribution < -0.4 is 0 Å². The topological polar surface area (TPSA) is 67.2 Å². The fraction of sp³-hybridized carbons (Fsp3) is 0.417. The summed E-state index contributed by atoms with van der Waals surface area (Å²) in [5, 5.41) is 0. The number of rotatable bonds is 5. The van der Waals surface area contributed by atoms with Gasteiger partial charge >= 0.3 is 0 Å². The molecule has 2 aliphatic rings. The second-order valence-electron chi connectivity index (χ2n) is 8.46. The van der Waals surface area contributed by atoms with E-state index >= 15 is 0 Å². The molecule has 4 heterocycles. The maximum Gasteiger partial charge on any atom is 0.254 e. The lowest BCUT2D eigenvalue weighted by atomic mass is 10.1. The Labute approximate surface area is 182 Å². The summed E-state index contributed by atoms with van der Waals surface area (Å²) in [5.41, 5.74) is 2.85. The monoisotopic (exact) mass is 416 g/mol. The summed E-state index contributed by atoms with van der Waals surface area (Å²) in [6, 6.07) is 8.12. The molecule has 1 atom stereocenters. The van der Waals surface area contributed by atoms with E-state index in [9.17, 15) is 4.79 Å². The molecule has 2 saturated heterocycles. The number of benzene rings is 1. The Balaban J connectivity index is 1.30. The van der Waals surface area contributed by atoms with Crippen molar-refractivity contribution in [2.45, 2.75) is 44.7 Å². The number of aromatic nitrogens is 4. The second-order valence-corrected chi connectivity index (χ2v) is 8.46. The van der Waals surface area contributed by atoms with Gasteiger partial charge in [0.15, 0.2) is 5.82 Å². The van der Waals surface area contributed by atoms with Crippen LogP contribution in [0.5, 0.6) is 0 Å². The molecule has 1 unspecified atom stereocenters. The van der Waals surface area contributed by atoms with Gasteiger partial charge in [-0.2, -0.15) is 0 Å². The van der Waals surface area contributed by atoms with Crippen molar-refractivity contribution in [3.8, 4) is 5.82 Å². The molecule has 1 aromatic carbocycles. The first-order chi connectivity index (χ1) is 15.3. The molecule has 0 spiro atoms. The lowest BCUT2D eigenvalue weighted by molar-refractivity contribution is 0.0732. The molecule has 2 fully saturated rings. The Morgan fingerprint density at radius 1 is 0.968 bits per heavy atom. The lowest BCUT2D eigenvalue weighted by Gasteiger charge is -2.27. The number of nitrogens with zero attached hydrogens (tertiary/aromatic N) is 6. The van der Waals surface area contributed by atoms with Crippen molar-refractivity contribution in [3.05, 3.63) is 72.2 Å². The van der Waals surface area contributed by atoms with Crippen LogP contribution >= 0.6 is 0 Å². The van der Waals surface area contributed by atoms with Crippen LogP contribution in [0.15, 0.2) is 55.4 Å². The number of amides is 1. The number of carbonyl (C=O) groups excluding carboxylic acids is 1. The summed E-state index contributed by atoms with van der Waals surface area (Å²) in [5.74, 6) is 0.790. The Bertz CT molecular complexity index is 1010. The highest BCUT2D eigenvalue weighted by Crippen LogP contribution is 2.32. The van der Waals surface area contributed by atoms with Gasteiger partial charge in [0.05, 0.1) is 24.1 Å². The third kappa shape index (κ3) is 4.37. The summed E-state index contributed by atoms with van der Waals surface area (Å²) in [6.45, 7) is 4.07. The van der Waals surface area contributed by atoms with Crippen LogP contribution in [0.4, 0.5) is 0 Å². The highest BCUT2D eigenvalue weighted by Gasteiger charge is 2.32. The molecule has 0 saturated carbocycles. The third-order valence-corrected chi connectivity index (χ3v) is 6.32. The molecule has 3 aromatic rings. The summed E-state index contributed by atoms with van der Waals surface area (Å²) in [4.78, 5) is 31.0. The van der Waals surface area contributed by atoms with Crippen molar-refractivity contribution < 1.29 is 4.79 Å². The van der Waals surface area contributed by atoms with Crippen molar-refractivity contribution in [2.75, 3.05) is 19.6 Å². The third-order valence-electron chi connectivity index (χ3n) is 6.32. The molecule has 0 N–H and O–H groups in total. The van der Waals surface area contributed by atoms with E-state index in [0.29, 0.717) is 0 Å². The summed E-state index contributed by atoms with van der Waals surface area (Å²) in [6.07, 6.45) is 14.6. The van der Waals surface area contributed by atoms with Crippen molar-refractivity contribution in [2.24, 2.45) is 0 Å². The average molecular weight is 417 g/mol. The van der Waals surface area contributed by atoms with Gasteiger partial charge < -0.3 is 4.90 Å². The molecule has 31 heavy (non-hydrogen) atoms. The molecule has 5 rings (SSSR count). The van der Waals surface area contributed by atoms with Crippen LogP contribution in [0, 0.1) is 0 Å². The van der Waals surface area contributed by atoms with Gasteiger partial charge in [-0.15, -0.1) is 0 Å². The first kappa shape index (κ1) is 19.9. The van der Waals surface area contributed by atoms with Crippen molar-refractivity contribution in [1.29, 1.82) is 0 Å². The number of carbonyl (C=O) groups is 1. The zero-order chi connectivity index (χ0) is 21.0. The smallest absolute Gasteiger partial charge is 0.254 e. The summed E-state index contributed by atoms with van der Waals surface area (Å²) in [7, 11) is 0. The van der Waals surface area contributed by atoms with E-state index in [0.717, 1.165) is 43.0 Å². The van der Waals surface area contributed by atoms with E-state index in [2.05, 4.69) is 27.0 Å². The highest BCUT2D eigenvalue weighted by atomic mass is 16.2. The fourth-order valence-electron chi connectivity index (χ4n) is 4.66. The molecule has 160 valence electrons. The van der Waals surface area contributed by atoms with Gasteiger partial charge in [-0.25, -0.2) is 9.97 Å². The standard InChI is InChI=1S/C24H28N6O/c31-24(20-8-6-19(7-9-20)17-28-11-2-1-3-12-28)30-13-4-5-22(30)21-15-26-16-23(27-21)29-14-10-25-18-29/h6-10,14-16,18,22H,1-5,11-13,17H2. The van der Waals surface area contributed by atoms with E-state index in [1.165, 1.54) is 37.9 Å².